The molecule has 2 heterocycles. The van der Waals surface area contributed by atoms with Crippen LogP contribution in [0.2, 0.25) is 0 Å². The lowest BCUT2D eigenvalue weighted by atomic mass is 10.1. The van der Waals surface area contributed by atoms with Gasteiger partial charge in [0.05, 0.1) is 6.20 Å². The van der Waals surface area contributed by atoms with Gasteiger partial charge in [0.15, 0.2) is 0 Å². The van der Waals surface area contributed by atoms with Crippen molar-refractivity contribution >= 4 is 0 Å². The van der Waals surface area contributed by atoms with Crippen LogP contribution in [-0.2, 0) is 13.5 Å². The largest absolute Gasteiger partial charge is 0.491 e. The smallest absolute Gasteiger partial charge is 0.122 e. The minimum Gasteiger partial charge on any atom is -0.491 e. The third kappa shape index (κ3) is 4.50. The Morgan fingerprint density at radius 1 is 1.44 bits per heavy atom. The number of nitrogens with zero attached hydrogens (tertiary/aromatic N) is 3. The quantitative estimate of drug-likeness (QED) is 0.750. The maximum Gasteiger partial charge on any atom is 0.122 e. The molecule has 5 heteroatoms. The fourth-order valence-corrected chi connectivity index (χ4v) is 3.51. The molecule has 0 bridgehead atoms. The third-order valence-corrected chi connectivity index (χ3v) is 4.69. The van der Waals surface area contributed by atoms with Crippen LogP contribution in [0, 0.1) is 0 Å². The van der Waals surface area contributed by atoms with Gasteiger partial charge >= 0.3 is 0 Å². The molecule has 1 aliphatic heterocycles. The topological polar surface area (TPSA) is 50.5 Å². The second kappa shape index (κ2) is 8.32. The SMILES string of the molecule is C=CCc1ccccc1OCC(O)CN1CCCC1c1cnn(C)c1. The molecule has 2 atom stereocenters. The van der Waals surface area contributed by atoms with E-state index in [0.29, 0.717) is 19.2 Å². The summed E-state index contributed by atoms with van der Waals surface area (Å²) in [5.41, 5.74) is 2.32. The van der Waals surface area contributed by atoms with Crippen molar-refractivity contribution in [3.05, 3.63) is 60.4 Å². The first kappa shape index (κ1) is 17.7. The van der Waals surface area contributed by atoms with Crippen LogP contribution in [0.15, 0.2) is 49.3 Å². The first-order valence-corrected chi connectivity index (χ1v) is 8.89. The molecular weight excluding hydrogens is 314 g/mol. The normalized spacial score (nSPS) is 19.0. The molecule has 2 unspecified atom stereocenters. The van der Waals surface area contributed by atoms with Crippen LogP contribution in [0.1, 0.15) is 30.0 Å². The van der Waals surface area contributed by atoms with Crippen molar-refractivity contribution < 1.29 is 9.84 Å². The van der Waals surface area contributed by atoms with Gasteiger partial charge in [-0.15, -0.1) is 6.58 Å². The number of aromatic nitrogens is 2. The second-order valence-electron chi connectivity index (χ2n) is 6.67. The van der Waals surface area contributed by atoms with E-state index in [1.807, 2.05) is 48.3 Å². The van der Waals surface area contributed by atoms with Crippen molar-refractivity contribution in [3.8, 4) is 5.75 Å². The van der Waals surface area contributed by atoms with E-state index in [-0.39, 0.29) is 0 Å². The summed E-state index contributed by atoms with van der Waals surface area (Å²) in [7, 11) is 1.94. The minimum atomic E-state index is -0.519. The zero-order valence-corrected chi connectivity index (χ0v) is 14.8. The molecule has 1 aliphatic rings. The molecule has 1 aromatic heterocycles. The predicted molar refractivity (Wildman–Crippen MR) is 98.6 cm³/mol. The van der Waals surface area contributed by atoms with Crippen molar-refractivity contribution in [2.24, 2.45) is 7.05 Å². The number of likely N-dealkylation sites (tertiary alicyclic amines) is 1. The molecular formula is C20H27N3O2. The van der Waals surface area contributed by atoms with Gasteiger partial charge in [-0.3, -0.25) is 9.58 Å². The van der Waals surface area contributed by atoms with E-state index in [4.69, 9.17) is 4.74 Å². The number of benzene rings is 1. The van der Waals surface area contributed by atoms with Gasteiger partial charge < -0.3 is 9.84 Å². The molecule has 0 saturated carbocycles. The summed E-state index contributed by atoms with van der Waals surface area (Å²) in [6.45, 7) is 5.70. The van der Waals surface area contributed by atoms with Crippen LogP contribution in [0.5, 0.6) is 5.75 Å². The minimum absolute atomic E-state index is 0.296. The van der Waals surface area contributed by atoms with E-state index in [1.165, 1.54) is 5.56 Å². The molecule has 5 nitrogen and oxygen atoms in total. The summed E-state index contributed by atoms with van der Waals surface area (Å²) < 4.78 is 7.70. The molecule has 25 heavy (non-hydrogen) atoms. The lowest BCUT2D eigenvalue weighted by Gasteiger charge is -2.26. The zero-order valence-electron chi connectivity index (χ0n) is 14.8. The third-order valence-electron chi connectivity index (χ3n) is 4.69. The van der Waals surface area contributed by atoms with E-state index < -0.39 is 6.10 Å². The lowest BCUT2D eigenvalue weighted by molar-refractivity contribution is 0.0636. The second-order valence-corrected chi connectivity index (χ2v) is 6.67. The average molecular weight is 341 g/mol. The maximum absolute atomic E-state index is 10.5. The van der Waals surface area contributed by atoms with E-state index in [1.54, 1.807) is 0 Å². The van der Waals surface area contributed by atoms with Crippen molar-refractivity contribution in [3.63, 3.8) is 0 Å². The van der Waals surface area contributed by atoms with Gasteiger partial charge in [0.1, 0.15) is 18.5 Å². The van der Waals surface area contributed by atoms with Crippen LogP contribution in [0.4, 0.5) is 0 Å². The molecule has 134 valence electrons. The lowest BCUT2D eigenvalue weighted by Crippen LogP contribution is -2.35. The van der Waals surface area contributed by atoms with E-state index >= 15 is 0 Å². The highest BCUT2D eigenvalue weighted by Gasteiger charge is 2.28. The standard InChI is InChI=1S/C20H27N3O2/c1-3-7-16-8-4-5-10-20(16)25-15-18(24)14-23-11-6-9-19(23)17-12-21-22(2)13-17/h3-5,8,10,12-13,18-19,24H,1,6-7,9,11,14-15H2,2H3. The zero-order chi connectivity index (χ0) is 17.6. The molecule has 0 aliphatic carbocycles. The van der Waals surface area contributed by atoms with E-state index in [2.05, 4.69) is 22.8 Å². The number of para-hydroxylation sites is 1. The van der Waals surface area contributed by atoms with Gasteiger partial charge in [-0.1, -0.05) is 24.3 Å². The Labute approximate surface area is 149 Å². The highest BCUT2D eigenvalue weighted by atomic mass is 16.5. The molecule has 0 amide bonds. The molecule has 1 saturated heterocycles. The summed E-state index contributed by atoms with van der Waals surface area (Å²) in [4.78, 5) is 2.33. The van der Waals surface area contributed by atoms with Crippen LogP contribution < -0.4 is 4.74 Å². The Morgan fingerprint density at radius 2 is 2.28 bits per heavy atom. The number of β-amino-alcohol motifs (C(OH)–C–C–N with tert-alkyl or cyclic N) is 1. The highest BCUT2D eigenvalue weighted by Crippen LogP contribution is 2.31. The summed E-state index contributed by atoms with van der Waals surface area (Å²) in [6, 6.07) is 8.26. The molecule has 0 spiro atoms. The van der Waals surface area contributed by atoms with Gasteiger partial charge in [-0.25, -0.2) is 0 Å². The number of hydrogen-bond acceptors (Lipinski definition) is 4. The first-order chi connectivity index (χ1) is 12.2. The molecule has 1 fully saturated rings. The molecule has 1 aromatic carbocycles. The van der Waals surface area contributed by atoms with Crippen LogP contribution in [0.3, 0.4) is 0 Å². The Morgan fingerprint density at radius 3 is 3.04 bits per heavy atom. The first-order valence-electron chi connectivity index (χ1n) is 8.89. The van der Waals surface area contributed by atoms with Crippen molar-refractivity contribution in [1.82, 2.24) is 14.7 Å². The van der Waals surface area contributed by atoms with E-state index in [0.717, 1.165) is 37.1 Å². The monoisotopic (exact) mass is 341 g/mol. The van der Waals surface area contributed by atoms with Gasteiger partial charge in [0, 0.05) is 31.4 Å². The molecule has 1 N–H and O–H groups in total. The number of aliphatic hydroxyl groups excluding tert-OH is 1. The van der Waals surface area contributed by atoms with Crippen molar-refractivity contribution in [2.75, 3.05) is 19.7 Å². The van der Waals surface area contributed by atoms with Gasteiger partial charge in [-0.2, -0.15) is 5.10 Å². The highest BCUT2D eigenvalue weighted by molar-refractivity contribution is 5.34. The summed E-state index contributed by atoms with van der Waals surface area (Å²) in [5, 5.41) is 14.7. The van der Waals surface area contributed by atoms with Gasteiger partial charge in [0.25, 0.3) is 0 Å². The molecule has 0 radical (unpaired) electrons. The Hall–Kier alpha value is -2.11. The van der Waals surface area contributed by atoms with Crippen LogP contribution in [0.25, 0.3) is 0 Å². The predicted octanol–water partition coefficient (Wildman–Crippen LogP) is 2.73. The van der Waals surface area contributed by atoms with Gasteiger partial charge in [0.2, 0.25) is 0 Å². The number of rotatable bonds is 8. The Kier molecular flexibility index (Phi) is 5.89. The van der Waals surface area contributed by atoms with Crippen LogP contribution >= 0.6 is 0 Å². The maximum atomic E-state index is 10.5. The number of aryl methyl sites for hydroxylation is 1. The van der Waals surface area contributed by atoms with Crippen LogP contribution in [-0.4, -0.2) is 45.6 Å². The summed E-state index contributed by atoms with van der Waals surface area (Å²) in [5.74, 6) is 0.826. The summed E-state index contributed by atoms with van der Waals surface area (Å²) in [6.07, 6.45) is 8.36. The Balaban J connectivity index is 1.55. The van der Waals surface area contributed by atoms with Crippen molar-refractivity contribution in [2.45, 2.75) is 31.4 Å². The average Bonchev–Trinajstić information content (AvgIpc) is 3.23. The fourth-order valence-electron chi connectivity index (χ4n) is 3.51. The van der Waals surface area contributed by atoms with Crippen molar-refractivity contribution in [1.29, 1.82) is 0 Å². The number of aliphatic hydroxyl groups is 1. The van der Waals surface area contributed by atoms with E-state index in [9.17, 15) is 5.11 Å². The summed E-state index contributed by atoms with van der Waals surface area (Å²) >= 11 is 0. The fraction of sp³-hybridized carbons (Fsp3) is 0.450. The number of allylic oxidation sites excluding steroid dienone is 1. The molecule has 3 rings (SSSR count). The Bertz CT molecular complexity index is 698. The molecule has 2 aromatic rings. The number of hydrogen-bond donors (Lipinski definition) is 1. The number of ether oxygens (including phenoxy) is 1. The van der Waals surface area contributed by atoms with Gasteiger partial charge in [-0.05, 0) is 37.4 Å².